The molecule has 0 bridgehead atoms. The second-order valence-corrected chi connectivity index (χ2v) is 6.56. The fraction of sp³-hybridized carbons (Fsp3) is 0.278. The van der Waals surface area contributed by atoms with Gasteiger partial charge in [0.15, 0.2) is 0 Å². The van der Waals surface area contributed by atoms with Crippen LogP contribution in [0.3, 0.4) is 0 Å². The van der Waals surface area contributed by atoms with E-state index >= 15 is 0 Å². The molecule has 0 radical (unpaired) electrons. The minimum absolute atomic E-state index is 0.00471. The number of nitrogens with zero attached hydrogens (tertiary/aromatic N) is 2. The van der Waals surface area contributed by atoms with Crippen LogP contribution >= 0.6 is 11.3 Å². The minimum atomic E-state index is -0.228. The monoisotopic (exact) mass is 345 g/mol. The number of methoxy groups -OCH3 is 1. The summed E-state index contributed by atoms with van der Waals surface area (Å²) < 4.78 is 20.4. The lowest BCUT2D eigenvalue weighted by Gasteiger charge is -2.18. The molecule has 1 aromatic carbocycles. The summed E-state index contributed by atoms with van der Waals surface area (Å²) in [5, 5.41) is 10.0. The average molecular weight is 345 g/mol. The Kier molecular flexibility index (Phi) is 4.97. The molecule has 3 aromatic rings. The molecule has 0 aliphatic carbocycles. The van der Waals surface area contributed by atoms with Gasteiger partial charge >= 0.3 is 0 Å². The van der Waals surface area contributed by atoms with Crippen molar-refractivity contribution in [3.05, 3.63) is 69.3 Å². The number of aryl methyl sites for hydroxylation is 2. The second kappa shape index (κ2) is 7.15. The van der Waals surface area contributed by atoms with Crippen LogP contribution in [0.5, 0.6) is 5.88 Å². The van der Waals surface area contributed by atoms with Crippen molar-refractivity contribution in [1.82, 2.24) is 15.1 Å². The van der Waals surface area contributed by atoms with Crippen LogP contribution in [0.15, 0.2) is 41.8 Å². The van der Waals surface area contributed by atoms with Gasteiger partial charge in [-0.2, -0.15) is 5.10 Å². The molecule has 4 nitrogen and oxygen atoms in total. The summed E-state index contributed by atoms with van der Waals surface area (Å²) in [5.41, 5.74) is 2.99. The number of nitrogens with one attached hydrogen (secondary N) is 1. The van der Waals surface area contributed by atoms with E-state index in [0.29, 0.717) is 6.54 Å². The highest BCUT2D eigenvalue weighted by atomic mass is 32.1. The van der Waals surface area contributed by atoms with Gasteiger partial charge in [0.25, 0.3) is 0 Å². The summed E-state index contributed by atoms with van der Waals surface area (Å²) in [6.07, 6.45) is 0. The molecule has 0 fully saturated rings. The first-order valence-corrected chi connectivity index (χ1v) is 8.57. The van der Waals surface area contributed by atoms with Crippen LogP contribution in [0, 0.1) is 12.7 Å². The molecule has 0 spiro atoms. The molecule has 2 aromatic heterocycles. The number of hydrogen-bond donors (Lipinski definition) is 1. The zero-order chi connectivity index (χ0) is 17.1. The van der Waals surface area contributed by atoms with Gasteiger partial charge in [0, 0.05) is 18.5 Å². The van der Waals surface area contributed by atoms with Crippen LogP contribution in [0.25, 0.3) is 0 Å². The molecule has 0 aliphatic heterocycles. The van der Waals surface area contributed by atoms with E-state index in [1.165, 1.54) is 17.0 Å². The molecule has 0 saturated heterocycles. The van der Waals surface area contributed by atoms with Crippen molar-refractivity contribution in [3.8, 4) is 5.88 Å². The van der Waals surface area contributed by atoms with Crippen LogP contribution < -0.4 is 10.1 Å². The molecular formula is C18H20FN3OS. The number of halogens is 1. The molecule has 6 heteroatoms. The molecule has 0 saturated carbocycles. The Hall–Kier alpha value is -2.18. The summed E-state index contributed by atoms with van der Waals surface area (Å²) in [6.45, 7) is 2.58. The van der Waals surface area contributed by atoms with E-state index in [2.05, 4.69) is 16.5 Å². The van der Waals surface area contributed by atoms with Gasteiger partial charge in [-0.15, -0.1) is 11.3 Å². The predicted octanol–water partition coefficient (Wildman–Crippen LogP) is 3.82. The van der Waals surface area contributed by atoms with E-state index in [0.717, 1.165) is 22.7 Å². The number of hydrogen-bond acceptors (Lipinski definition) is 4. The number of ether oxygens (including phenoxy) is 1. The molecule has 3 rings (SSSR count). The van der Waals surface area contributed by atoms with Crippen molar-refractivity contribution in [3.63, 3.8) is 0 Å². The highest BCUT2D eigenvalue weighted by Gasteiger charge is 2.19. The topological polar surface area (TPSA) is 39.1 Å². The molecule has 0 amide bonds. The van der Waals surface area contributed by atoms with Gasteiger partial charge in [-0.25, -0.2) is 9.07 Å². The largest absolute Gasteiger partial charge is 0.481 e. The second-order valence-electron chi connectivity index (χ2n) is 5.58. The van der Waals surface area contributed by atoms with Crippen molar-refractivity contribution in [1.29, 1.82) is 0 Å². The highest BCUT2D eigenvalue weighted by molar-refractivity contribution is 7.10. The fourth-order valence-corrected chi connectivity index (χ4v) is 3.66. The Balaban J connectivity index is 1.87. The van der Waals surface area contributed by atoms with E-state index in [9.17, 15) is 4.39 Å². The molecule has 2 heterocycles. The van der Waals surface area contributed by atoms with Gasteiger partial charge in [-0.3, -0.25) is 0 Å². The Morgan fingerprint density at radius 2 is 2.04 bits per heavy atom. The van der Waals surface area contributed by atoms with Crippen LogP contribution in [0.1, 0.15) is 27.7 Å². The van der Waals surface area contributed by atoms with Gasteiger partial charge in [0.2, 0.25) is 5.88 Å². The molecule has 24 heavy (non-hydrogen) atoms. The SMILES string of the molecule is COc1c(CNC(c2ccc(F)cc2)c2cccs2)c(C)nn1C. The van der Waals surface area contributed by atoms with Gasteiger partial charge in [-0.1, -0.05) is 18.2 Å². The fourth-order valence-electron chi connectivity index (χ4n) is 2.84. The van der Waals surface area contributed by atoms with E-state index in [1.54, 1.807) is 23.1 Å². The number of rotatable bonds is 6. The Bertz CT molecular complexity index is 797. The molecule has 126 valence electrons. The van der Waals surface area contributed by atoms with Crippen molar-refractivity contribution in [2.24, 2.45) is 7.05 Å². The third kappa shape index (κ3) is 3.34. The summed E-state index contributed by atoms with van der Waals surface area (Å²) in [7, 11) is 3.52. The van der Waals surface area contributed by atoms with Gasteiger partial charge in [0.1, 0.15) is 5.82 Å². The van der Waals surface area contributed by atoms with Gasteiger partial charge in [-0.05, 0) is 36.1 Å². The lowest BCUT2D eigenvalue weighted by atomic mass is 10.0. The van der Waals surface area contributed by atoms with Crippen LogP contribution in [0.2, 0.25) is 0 Å². The van der Waals surface area contributed by atoms with Gasteiger partial charge < -0.3 is 10.1 Å². The van der Waals surface area contributed by atoms with Crippen LogP contribution in [-0.4, -0.2) is 16.9 Å². The van der Waals surface area contributed by atoms with Crippen molar-refractivity contribution >= 4 is 11.3 Å². The third-order valence-electron chi connectivity index (χ3n) is 4.00. The smallest absolute Gasteiger partial charge is 0.216 e. The molecular weight excluding hydrogens is 325 g/mol. The Labute approximate surface area is 144 Å². The van der Waals surface area contributed by atoms with Crippen LogP contribution in [0.4, 0.5) is 4.39 Å². The zero-order valence-corrected chi connectivity index (χ0v) is 14.7. The predicted molar refractivity (Wildman–Crippen MR) is 93.9 cm³/mol. The van der Waals surface area contributed by atoms with E-state index in [4.69, 9.17) is 4.74 Å². The van der Waals surface area contributed by atoms with E-state index in [-0.39, 0.29) is 11.9 Å². The maximum atomic E-state index is 13.3. The van der Waals surface area contributed by atoms with Gasteiger partial charge in [0.05, 0.1) is 24.4 Å². The normalized spacial score (nSPS) is 12.3. The van der Waals surface area contributed by atoms with Crippen molar-refractivity contribution < 1.29 is 9.13 Å². The third-order valence-corrected chi connectivity index (χ3v) is 4.93. The summed E-state index contributed by atoms with van der Waals surface area (Å²) in [4.78, 5) is 1.18. The Morgan fingerprint density at radius 1 is 1.29 bits per heavy atom. The van der Waals surface area contributed by atoms with Crippen molar-refractivity contribution in [2.75, 3.05) is 7.11 Å². The van der Waals surface area contributed by atoms with Crippen molar-refractivity contribution in [2.45, 2.75) is 19.5 Å². The van der Waals surface area contributed by atoms with E-state index < -0.39 is 0 Å². The van der Waals surface area contributed by atoms with Crippen LogP contribution in [-0.2, 0) is 13.6 Å². The first-order chi connectivity index (χ1) is 11.6. The average Bonchev–Trinajstić information content (AvgIpc) is 3.18. The first kappa shape index (κ1) is 16.7. The maximum absolute atomic E-state index is 13.3. The molecule has 0 aliphatic rings. The Morgan fingerprint density at radius 3 is 2.67 bits per heavy atom. The van der Waals surface area contributed by atoms with E-state index in [1.807, 2.05) is 37.6 Å². The molecule has 1 atom stereocenters. The maximum Gasteiger partial charge on any atom is 0.216 e. The summed E-state index contributed by atoms with van der Waals surface area (Å²) >= 11 is 1.68. The molecule has 1 N–H and O–H groups in total. The summed E-state index contributed by atoms with van der Waals surface area (Å²) in [5.74, 6) is 0.525. The first-order valence-electron chi connectivity index (χ1n) is 7.69. The number of thiophene rings is 1. The zero-order valence-electron chi connectivity index (χ0n) is 13.9. The summed E-state index contributed by atoms with van der Waals surface area (Å²) in [6, 6.07) is 10.7. The number of benzene rings is 1. The quantitative estimate of drug-likeness (QED) is 0.738. The lowest BCUT2D eigenvalue weighted by molar-refractivity contribution is 0.367. The molecule has 1 unspecified atom stereocenters. The minimum Gasteiger partial charge on any atom is -0.481 e. The number of aromatic nitrogens is 2. The standard InChI is InChI=1S/C18H20FN3OS/c1-12-15(18(23-3)22(2)21-12)11-20-17(16-5-4-10-24-16)13-6-8-14(19)9-7-13/h4-10,17,20H,11H2,1-3H3. The highest BCUT2D eigenvalue weighted by Crippen LogP contribution is 2.28. The lowest BCUT2D eigenvalue weighted by Crippen LogP contribution is -2.21.